The molecular weight excluding hydrogens is 447 g/mol. The lowest BCUT2D eigenvalue weighted by molar-refractivity contribution is 0.0950. The number of amides is 1. The Bertz CT molecular complexity index is 1330. The average molecular weight is 479 g/mol. The van der Waals surface area contributed by atoms with Crippen LogP contribution in [0.2, 0.25) is 0 Å². The van der Waals surface area contributed by atoms with E-state index in [9.17, 15) is 19.1 Å². The fraction of sp³-hybridized carbons (Fsp3) is 0.407. The fourth-order valence-corrected chi connectivity index (χ4v) is 4.75. The molecule has 2 heterocycles. The zero-order valence-corrected chi connectivity index (χ0v) is 19.9. The lowest BCUT2D eigenvalue weighted by Crippen LogP contribution is -2.43. The van der Waals surface area contributed by atoms with Crippen molar-refractivity contribution in [3.63, 3.8) is 0 Å². The summed E-state index contributed by atoms with van der Waals surface area (Å²) in [5.41, 5.74) is 2.98. The van der Waals surface area contributed by atoms with Crippen LogP contribution in [0.4, 0.5) is 4.39 Å². The molecule has 7 nitrogen and oxygen atoms in total. The van der Waals surface area contributed by atoms with Crippen molar-refractivity contribution in [1.82, 2.24) is 20.1 Å². The molecule has 1 aliphatic heterocycles. The molecule has 1 saturated carbocycles. The van der Waals surface area contributed by atoms with Gasteiger partial charge in [0.05, 0.1) is 6.61 Å². The van der Waals surface area contributed by atoms with Crippen LogP contribution in [0.15, 0.2) is 41.3 Å². The summed E-state index contributed by atoms with van der Waals surface area (Å²) in [5.74, 6) is -0.692. The summed E-state index contributed by atoms with van der Waals surface area (Å²) in [6.07, 6.45) is 3.75. The van der Waals surface area contributed by atoms with Crippen LogP contribution >= 0.6 is 0 Å². The molecule has 0 bridgehead atoms. The number of aliphatic hydroxyl groups excluding tert-OH is 1. The van der Waals surface area contributed by atoms with Gasteiger partial charge in [-0.05, 0) is 71.7 Å². The van der Waals surface area contributed by atoms with Crippen LogP contribution in [0.25, 0.3) is 21.9 Å². The van der Waals surface area contributed by atoms with Crippen molar-refractivity contribution in [2.75, 3.05) is 32.8 Å². The molecule has 1 aromatic heterocycles. The van der Waals surface area contributed by atoms with Crippen LogP contribution < -0.4 is 16.2 Å². The summed E-state index contributed by atoms with van der Waals surface area (Å²) >= 11 is 0. The highest BCUT2D eigenvalue weighted by Gasteiger charge is 2.25. The summed E-state index contributed by atoms with van der Waals surface area (Å²) in [6.45, 7) is 6.12. The smallest absolute Gasteiger partial charge is 0.258 e. The molecule has 0 unspecified atom stereocenters. The second-order valence-corrected chi connectivity index (χ2v) is 9.54. The third-order valence-electron chi connectivity index (χ3n) is 6.94. The van der Waals surface area contributed by atoms with E-state index in [0.717, 1.165) is 55.5 Å². The van der Waals surface area contributed by atoms with Crippen LogP contribution in [0.5, 0.6) is 0 Å². The van der Waals surface area contributed by atoms with Crippen molar-refractivity contribution in [2.45, 2.75) is 38.9 Å². The van der Waals surface area contributed by atoms with E-state index in [-0.39, 0.29) is 30.7 Å². The van der Waals surface area contributed by atoms with Gasteiger partial charge in [-0.3, -0.25) is 14.5 Å². The Hall–Kier alpha value is -3.07. The maximum atomic E-state index is 14.9. The molecule has 2 aromatic carbocycles. The lowest BCUT2D eigenvalue weighted by Gasteiger charge is -2.28. The first-order chi connectivity index (χ1) is 16.9. The number of nitrogens with zero attached hydrogens (tertiary/aromatic N) is 2. The van der Waals surface area contributed by atoms with Crippen molar-refractivity contribution < 1.29 is 14.3 Å². The Morgan fingerprint density at radius 2 is 1.94 bits per heavy atom. The molecule has 3 N–H and O–H groups in total. The quantitative estimate of drug-likeness (QED) is 0.486. The van der Waals surface area contributed by atoms with Gasteiger partial charge in [-0.25, -0.2) is 4.39 Å². The van der Waals surface area contributed by atoms with E-state index in [4.69, 9.17) is 0 Å². The third-order valence-corrected chi connectivity index (χ3v) is 6.94. The van der Waals surface area contributed by atoms with Gasteiger partial charge in [0.2, 0.25) is 0 Å². The maximum absolute atomic E-state index is 14.9. The Morgan fingerprint density at radius 1 is 1.17 bits per heavy atom. The van der Waals surface area contributed by atoms with Gasteiger partial charge in [-0.2, -0.15) is 0 Å². The number of fused-ring (bicyclic) bond motifs is 1. The Morgan fingerprint density at radius 3 is 2.66 bits per heavy atom. The topological polar surface area (TPSA) is 86.6 Å². The van der Waals surface area contributed by atoms with Gasteiger partial charge in [-0.1, -0.05) is 6.07 Å². The SMILES string of the molecule is Cc1c(F)cc(C(=O)NC2CC2)cc1-c1ccc2c(=O)n(CCO)cc(CN3CCNCC3)c2c1. The molecule has 5 rings (SSSR count). The van der Waals surface area contributed by atoms with E-state index < -0.39 is 5.82 Å². The number of benzene rings is 2. The van der Waals surface area contributed by atoms with Crippen LogP contribution in [0, 0.1) is 12.7 Å². The monoisotopic (exact) mass is 478 g/mol. The molecule has 35 heavy (non-hydrogen) atoms. The summed E-state index contributed by atoms with van der Waals surface area (Å²) in [5, 5.41) is 17.1. The molecule has 1 amide bonds. The minimum absolute atomic E-state index is 0.120. The first kappa shape index (κ1) is 23.7. The van der Waals surface area contributed by atoms with E-state index in [1.807, 2.05) is 18.3 Å². The van der Waals surface area contributed by atoms with Crippen LogP contribution in [-0.4, -0.2) is 59.3 Å². The normalized spacial score (nSPS) is 16.5. The van der Waals surface area contributed by atoms with E-state index in [0.29, 0.717) is 28.6 Å². The predicted octanol–water partition coefficient (Wildman–Crippen LogP) is 2.41. The van der Waals surface area contributed by atoms with Crippen molar-refractivity contribution in [3.8, 4) is 11.1 Å². The van der Waals surface area contributed by atoms with Gasteiger partial charge in [0.1, 0.15) is 5.82 Å². The molecule has 184 valence electrons. The number of carbonyl (C=O) groups excluding carboxylic acids is 1. The van der Waals surface area contributed by atoms with Gasteiger partial charge >= 0.3 is 0 Å². The number of halogens is 1. The van der Waals surface area contributed by atoms with Gasteiger partial charge < -0.3 is 20.3 Å². The number of aliphatic hydroxyl groups is 1. The van der Waals surface area contributed by atoms with Gasteiger partial charge in [-0.15, -0.1) is 0 Å². The number of rotatable bonds is 7. The van der Waals surface area contributed by atoms with Gasteiger partial charge in [0.25, 0.3) is 11.5 Å². The maximum Gasteiger partial charge on any atom is 0.258 e. The van der Waals surface area contributed by atoms with E-state index in [2.05, 4.69) is 15.5 Å². The van der Waals surface area contributed by atoms with Crippen molar-refractivity contribution >= 4 is 16.7 Å². The van der Waals surface area contributed by atoms with E-state index in [1.54, 1.807) is 23.6 Å². The number of hydrogen-bond acceptors (Lipinski definition) is 5. The van der Waals surface area contributed by atoms with Crippen LogP contribution in [0.1, 0.15) is 34.3 Å². The average Bonchev–Trinajstić information content (AvgIpc) is 3.68. The molecule has 0 radical (unpaired) electrons. The second kappa shape index (κ2) is 9.89. The molecule has 2 aliphatic rings. The highest BCUT2D eigenvalue weighted by molar-refractivity contribution is 5.97. The molecule has 1 aliphatic carbocycles. The van der Waals surface area contributed by atoms with E-state index in [1.165, 1.54) is 6.07 Å². The molecule has 0 spiro atoms. The molecule has 1 saturated heterocycles. The number of piperazine rings is 1. The zero-order valence-electron chi connectivity index (χ0n) is 19.9. The van der Waals surface area contributed by atoms with Crippen LogP contribution in [0.3, 0.4) is 0 Å². The summed E-state index contributed by atoms with van der Waals surface area (Å²) < 4.78 is 16.4. The minimum atomic E-state index is -0.428. The molecule has 8 heteroatoms. The first-order valence-corrected chi connectivity index (χ1v) is 12.3. The largest absolute Gasteiger partial charge is 0.395 e. The number of hydrogen-bond donors (Lipinski definition) is 3. The van der Waals surface area contributed by atoms with Gasteiger partial charge in [0, 0.05) is 62.5 Å². The summed E-state index contributed by atoms with van der Waals surface area (Å²) in [7, 11) is 0. The zero-order chi connectivity index (χ0) is 24.5. The Balaban J connectivity index is 1.60. The molecule has 3 aromatic rings. The van der Waals surface area contributed by atoms with Gasteiger partial charge in [0.15, 0.2) is 0 Å². The number of pyridine rings is 1. The Labute approximate surface area is 203 Å². The number of nitrogens with one attached hydrogen (secondary N) is 2. The third kappa shape index (κ3) is 5.00. The molecule has 0 atom stereocenters. The highest BCUT2D eigenvalue weighted by Crippen LogP contribution is 2.31. The fourth-order valence-electron chi connectivity index (χ4n) is 4.75. The number of carbonyl (C=O) groups is 1. The predicted molar refractivity (Wildman–Crippen MR) is 134 cm³/mol. The lowest BCUT2D eigenvalue weighted by atomic mass is 9.94. The van der Waals surface area contributed by atoms with Crippen LogP contribution in [-0.2, 0) is 13.1 Å². The standard InChI is InChI=1S/C27H31FN4O3/c1-17-23(13-19(14-25(17)28)26(34)30-21-3-4-21)18-2-5-22-24(12-18)20(15-31-8-6-29-7-9-31)16-32(10-11-33)27(22)35/h2,5,12-14,16,21,29,33H,3-4,6-11,15H2,1H3,(H,30,34). The minimum Gasteiger partial charge on any atom is -0.395 e. The number of aromatic nitrogens is 1. The molecule has 2 fully saturated rings. The molecular formula is C27H31FN4O3. The first-order valence-electron chi connectivity index (χ1n) is 12.3. The highest BCUT2D eigenvalue weighted by atomic mass is 19.1. The second-order valence-electron chi connectivity index (χ2n) is 9.54. The van der Waals surface area contributed by atoms with Crippen molar-refractivity contribution in [3.05, 3.63) is 69.4 Å². The van der Waals surface area contributed by atoms with E-state index >= 15 is 0 Å². The van der Waals surface area contributed by atoms with Crippen molar-refractivity contribution in [1.29, 1.82) is 0 Å². The summed E-state index contributed by atoms with van der Waals surface area (Å²) in [4.78, 5) is 28.1. The summed E-state index contributed by atoms with van der Waals surface area (Å²) in [6, 6.07) is 8.73. The Kier molecular flexibility index (Phi) is 6.69. The van der Waals surface area contributed by atoms with Crippen molar-refractivity contribution in [2.24, 2.45) is 0 Å².